The van der Waals surface area contributed by atoms with Crippen LogP contribution in [0.25, 0.3) is 0 Å². The van der Waals surface area contributed by atoms with Gasteiger partial charge in [0.15, 0.2) is 0 Å². The summed E-state index contributed by atoms with van der Waals surface area (Å²) in [6.07, 6.45) is 10.0. The topological polar surface area (TPSA) is 28.2 Å². The van der Waals surface area contributed by atoms with Crippen LogP contribution >= 0.6 is 0 Å². The molecule has 1 heterocycles. The Bertz CT molecular complexity index is 395. The van der Waals surface area contributed by atoms with Gasteiger partial charge in [-0.15, -0.1) is 0 Å². The van der Waals surface area contributed by atoms with Crippen LogP contribution < -0.4 is 10.2 Å². The lowest BCUT2D eigenvalue weighted by molar-refractivity contribution is 0.418. The normalized spacial score (nSPS) is 17.7. The zero-order valence-electron chi connectivity index (χ0n) is 13.9. The number of aromatic nitrogens is 1. The van der Waals surface area contributed by atoms with Crippen molar-refractivity contribution < 1.29 is 0 Å². The fourth-order valence-electron chi connectivity index (χ4n) is 3.52. The van der Waals surface area contributed by atoms with E-state index in [0.29, 0.717) is 12.1 Å². The maximum absolute atomic E-state index is 4.73. The van der Waals surface area contributed by atoms with Crippen LogP contribution in [0, 0.1) is 0 Å². The summed E-state index contributed by atoms with van der Waals surface area (Å²) < 4.78 is 0. The second-order valence-electron chi connectivity index (χ2n) is 6.04. The Hall–Kier alpha value is -1.09. The zero-order chi connectivity index (χ0) is 15.1. The molecule has 3 nitrogen and oxygen atoms in total. The molecule has 1 fully saturated rings. The maximum Gasteiger partial charge on any atom is 0.0574 e. The molecule has 0 spiro atoms. The third kappa shape index (κ3) is 4.19. The molecule has 0 saturated heterocycles. The molecule has 1 atom stereocenters. The van der Waals surface area contributed by atoms with Gasteiger partial charge in [0.25, 0.3) is 0 Å². The molecule has 1 aromatic heterocycles. The van der Waals surface area contributed by atoms with Crippen LogP contribution in [-0.2, 0) is 0 Å². The van der Waals surface area contributed by atoms with E-state index in [1.54, 1.807) is 0 Å². The highest BCUT2D eigenvalue weighted by molar-refractivity contribution is 5.46. The van der Waals surface area contributed by atoms with Crippen molar-refractivity contribution in [3.63, 3.8) is 0 Å². The first-order valence-electron chi connectivity index (χ1n) is 8.76. The Balaban J connectivity index is 2.08. The molecular formula is C18H31N3. The highest BCUT2D eigenvalue weighted by Gasteiger charge is 2.20. The number of hydrogen-bond acceptors (Lipinski definition) is 3. The van der Waals surface area contributed by atoms with Gasteiger partial charge >= 0.3 is 0 Å². The van der Waals surface area contributed by atoms with Crippen LogP contribution in [0.4, 0.5) is 5.69 Å². The van der Waals surface area contributed by atoms with Gasteiger partial charge in [0.2, 0.25) is 0 Å². The molecule has 0 bridgehead atoms. The lowest BCUT2D eigenvalue weighted by Gasteiger charge is -2.35. The molecule has 0 radical (unpaired) electrons. The zero-order valence-corrected chi connectivity index (χ0v) is 13.9. The fourth-order valence-corrected chi connectivity index (χ4v) is 3.52. The van der Waals surface area contributed by atoms with Gasteiger partial charge in [-0.2, -0.15) is 0 Å². The number of nitrogens with one attached hydrogen (secondary N) is 1. The average molecular weight is 289 g/mol. The van der Waals surface area contributed by atoms with E-state index in [4.69, 9.17) is 4.98 Å². The molecule has 118 valence electrons. The Morgan fingerprint density at radius 2 is 1.95 bits per heavy atom. The maximum atomic E-state index is 4.73. The van der Waals surface area contributed by atoms with Crippen molar-refractivity contribution in [3.05, 3.63) is 24.0 Å². The van der Waals surface area contributed by atoms with Gasteiger partial charge in [0.05, 0.1) is 17.6 Å². The first-order valence-corrected chi connectivity index (χ1v) is 8.76. The minimum absolute atomic E-state index is 0.383. The minimum atomic E-state index is 0.383. The molecule has 0 amide bonds. The standard InChI is InChI=1S/C18H31N3/c1-4-17(19-5-2)18-13-12-16(14-20-18)21(6-3)15-10-8-7-9-11-15/h12-15,17,19H,4-11H2,1-3H3. The Labute approximate surface area is 130 Å². The summed E-state index contributed by atoms with van der Waals surface area (Å²) >= 11 is 0. The van der Waals surface area contributed by atoms with Gasteiger partial charge < -0.3 is 10.2 Å². The molecule has 1 aromatic rings. The smallest absolute Gasteiger partial charge is 0.0574 e. The van der Waals surface area contributed by atoms with Gasteiger partial charge in [-0.05, 0) is 44.9 Å². The van der Waals surface area contributed by atoms with Crippen molar-refractivity contribution in [2.45, 2.75) is 71.4 Å². The predicted molar refractivity (Wildman–Crippen MR) is 90.8 cm³/mol. The van der Waals surface area contributed by atoms with Crippen LogP contribution in [0.2, 0.25) is 0 Å². The van der Waals surface area contributed by atoms with Crippen molar-refractivity contribution in [2.24, 2.45) is 0 Å². The summed E-state index contributed by atoms with van der Waals surface area (Å²) in [6.45, 7) is 8.69. The van der Waals surface area contributed by atoms with Crippen molar-refractivity contribution in [3.8, 4) is 0 Å². The molecule has 1 saturated carbocycles. The van der Waals surface area contributed by atoms with Gasteiger partial charge in [0.1, 0.15) is 0 Å². The van der Waals surface area contributed by atoms with Crippen LogP contribution in [0.1, 0.15) is 71.0 Å². The summed E-state index contributed by atoms with van der Waals surface area (Å²) in [5.41, 5.74) is 2.46. The third-order valence-corrected chi connectivity index (χ3v) is 4.67. The molecule has 1 aliphatic rings. The van der Waals surface area contributed by atoms with Crippen molar-refractivity contribution in [1.29, 1.82) is 0 Å². The Morgan fingerprint density at radius 3 is 2.48 bits per heavy atom. The van der Waals surface area contributed by atoms with Gasteiger partial charge in [-0.25, -0.2) is 0 Å². The molecule has 2 rings (SSSR count). The fraction of sp³-hybridized carbons (Fsp3) is 0.722. The molecule has 21 heavy (non-hydrogen) atoms. The van der Waals surface area contributed by atoms with E-state index in [-0.39, 0.29) is 0 Å². The summed E-state index contributed by atoms with van der Waals surface area (Å²) in [5, 5.41) is 3.50. The predicted octanol–water partition coefficient (Wildman–Crippen LogP) is 4.30. The van der Waals surface area contributed by atoms with E-state index in [1.165, 1.54) is 43.5 Å². The van der Waals surface area contributed by atoms with Gasteiger partial charge in [-0.1, -0.05) is 33.1 Å². The summed E-state index contributed by atoms with van der Waals surface area (Å²) in [7, 11) is 0. The third-order valence-electron chi connectivity index (χ3n) is 4.67. The van der Waals surface area contributed by atoms with Crippen LogP contribution in [0.15, 0.2) is 18.3 Å². The van der Waals surface area contributed by atoms with E-state index in [1.807, 2.05) is 0 Å². The second kappa shape index (κ2) is 8.38. The largest absolute Gasteiger partial charge is 0.368 e. The van der Waals surface area contributed by atoms with Crippen molar-refractivity contribution in [2.75, 3.05) is 18.0 Å². The average Bonchev–Trinajstić information content (AvgIpc) is 2.55. The molecule has 1 aliphatic carbocycles. The molecule has 0 aliphatic heterocycles. The summed E-state index contributed by atoms with van der Waals surface area (Å²) in [5.74, 6) is 0. The molecular weight excluding hydrogens is 258 g/mol. The number of anilines is 1. The molecule has 1 unspecified atom stereocenters. The van der Waals surface area contributed by atoms with Crippen LogP contribution in [0.5, 0.6) is 0 Å². The van der Waals surface area contributed by atoms with Crippen LogP contribution in [-0.4, -0.2) is 24.1 Å². The Morgan fingerprint density at radius 1 is 1.19 bits per heavy atom. The quantitative estimate of drug-likeness (QED) is 0.811. The molecule has 0 aromatic carbocycles. The van der Waals surface area contributed by atoms with E-state index < -0.39 is 0 Å². The lowest BCUT2D eigenvalue weighted by atomic mass is 9.94. The summed E-state index contributed by atoms with van der Waals surface area (Å²) in [4.78, 5) is 7.27. The first kappa shape index (κ1) is 16.3. The minimum Gasteiger partial charge on any atom is -0.368 e. The number of rotatable bonds is 7. The van der Waals surface area contributed by atoms with E-state index in [9.17, 15) is 0 Å². The monoisotopic (exact) mass is 289 g/mol. The van der Waals surface area contributed by atoms with Crippen LogP contribution in [0.3, 0.4) is 0 Å². The lowest BCUT2D eigenvalue weighted by Crippen LogP contribution is -2.36. The van der Waals surface area contributed by atoms with Gasteiger partial charge in [-0.3, -0.25) is 4.98 Å². The van der Waals surface area contributed by atoms with Crippen molar-refractivity contribution >= 4 is 5.69 Å². The first-order chi connectivity index (χ1) is 10.3. The van der Waals surface area contributed by atoms with E-state index in [2.05, 4.69) is 49.3 Å². The Kier molecular flexibility index (Phi) is 6.50. The molecule has 3 heteroatoms. The highest BCUT2D eigenvalue weighted by Crippen LogP contribution is 2.27. The molecule has 1 N–H and O–H groups in total. The highest BCUT2D eigenvalue weighted by atomic mass is 15.2. The number of nitrogens with zero attached hydrogens (tertiary/aromatic N) is 2. The SMILES string of the molecule is CCNC(CC)c1ccc(N(CC)C2CCCCC2)cn1. The van der Waals surface area contributed by atoms with E-state index in [0.717, 1.165) is 19.5 Å². The number of pyridine rings is 1. The summed E-state index contributed by atoms with van der Waals surface area (Å²) in [6, 6.07) is 5.57. The van der Waals surface area contributed by atoms with Crippen molar-refractivity contribution in [1.82, 2.24) is 10.3 Å². The number of hydrogen-bond donors (Lipinski definition) is 1. The second-order valence-corrected chi connectivity index (χ2v) is 6.04. The van der Waals surface area contributed by atoms with Gasteiger partial charge in [0, 0.05) is 18.6 Å². The van der Waals surface area contributed by atoms with E-state index >= 15 is 0 Å².